The van der Waals surface area contributed by atoms with Gasteiger partial charge in [0.2, 0.25) is 0 Å². The van der Waals surface area contributed by atoms with Gasteiger partial charge in [0.05, 0.1) is 11.3 Å². The molecule has 1 fully saturated rings. The number of anilines is 1. The summed E-state index contributed by atoms with van der Waals surface area (Å²) < 4.78 is 0. The van der Waals surface area contributed by atoms with E-state index < -0.39 is 5.60 Å². The van der Waals surface area contributed by atoms with Crippen molar-refractivity contribution in [3.05, 3.63) is 66.4 Å². The minimum atomic E-state index is -0.777. The molecule has 0 radical (unpaired) electrons. The summed E-state index contributed by atoms with van der Waals surface area (Å²) in [6.45, 7) is 1.10. The van der Waals surface area contributed by atoms with E-state index in [2.05, 4.69) is 10.5 Å². The Morgan fingerprint density at radius 3 is 2.58 bits per heavy atom. The average molecular weight is 421 g/mol. The number of rotatable bonds is 7. The van der Waals surface area contributed by atoms with Gasteiger partial charge in [-0.15, -0.1) is 0 Å². The summed E-state index contributed by atoms with van der Waals surface area (Å²) in [7, 11) is 0. The predicted octanol–water partition coefficient (Wildman–Crippen LogP) is 3.38. The highest BCUT2D eigenvalue weighted by Crippen LogP contribution is 2.28. The van der Waals surface area contributed by atoms with Crippen LogP contribution >= 0.6 is 0 Å². The molecule has 1 aliphatic heterocycles. The van der Waals surface area contributed by atoms with Crippen LogP contribution in [-0.2, 0) is 0 Å². The summed E-state index contributed by atoms with van der Waals surface area (Å²) in [4.78, 5) is 24.7. The second-order valence-corrected chi connectivity index (χ2v) is 7.96. The second kappa shape index (κ2) is 9.32. The number of piperidine rings is 1. The molecule has 0 aliphatic carbocycles. The van der Waals surface area contributed by atoms with E-state index in [0.717, 1.165) is 16.6 Å². The molecule has 7 nitrogen and oxygen atoms in total. The summed E-state index contributed by atoms with van der Waals surface area (Å²) in [6.07, 6.45) is 3.94. The van der Waals surface area contributed by atoms with E-state index in [4.69, 9.17) is 9.94 Å². The fraction of sp³-hybridized carbons (Fsp3) is 0.333. The van der Waals surface area contributed by atoms with E-state index in [9.17, 15) is 9.90 Å². The molecule has 0 unspecified atom stereocenters. The number of fused-ring (bicyclic) bond motifs is 1. The van der Waals surface area contributed by atoms with Crippen molar-refractivity contribution >= 4 is 22.5 Å². The van der Waals surface area contributed by atoms with Crippen molar-refractivity contribution in [3.8, 4) is 5.75 Å². The van der Waals surface area contributed by atoms with Crippen LogP contribution in [-0.4, -0.2) is 51.3 Å². The van der Waals surface area contributed by atoms with Gasteiger partial charge in [-0.3, -0.25) is 9.78 Å². The highest BCUT2D eigenvalue weighted by Gasteiger charge is 2.33. The highest BCUT2D eigenvalue weighted by molar-refractivity contribution is 5.94. The van der Waals surface area contributed by atoms with E-state index >= 15 is 0 Å². The molecule has 3 aromatic rings. The zero-order valence-electron chi connectivity index (χ0n) is 17.3. The third-order valence-electron chi connectivity index (χ3n) is 5.79. The first kappa shape index (κ1) is 21.1. The van der Waals surface area contributed by atoms with Gasteiger partial charge in [-0.05, 0) is 62.1 Å². The van der Waals surface area contributed by atoms with Crippen LogP contribution in [0.25, 0.3) is 10.9 Å². The summed E-state index contributed by atoms with van der Waals surface area (Å²) in [5.41, 5.74) is 4.22. The van der Waals surface area contributed by atoms with Crippen molar-refractivity contribution < 1.29 is 19.8 Å². The van der Waals surface area contributed by atoms with Gasteiger partial charge in [0, 0.05) is 36.8 Å². The number of aliphatic hydroxyl groups excluding tert-OH is 1. The molecular weight excluding hydrogens is 394 g/mol. The van der Waals surface area contributed by atoms with Crippen LogP contribution in [0.4, 0.5) is 5.69 Å². The van der Waals surface area contributed by atoms with Crippen LogP contribution in [0, 0.1) is 0 Å². The molecule has 162 valence electrons. The van der Waals surface area contributed by atoms with Crippen molar-refractivity contribution in [1.82, 2.24) is 9.88 Å². The van der Waals surface area contributed by atoms with Crippen LogP contribution < -0.4 is 10.3 Å². The van der Waals surface area contributed by atoms with E-state index in [0.29, 0.717) is 50.1 Å². The quantitative estimate of drug-likeness (QED) is 0.506. The fourth-order valence-corrected chi connectivity index (χ4v) is 3.92. The summed E-state index contributed by atoms with van der Waals surface area (Å²) in [5.74, 6) is 0.579. The van der Waals surface area contributed by atoms with Crippen molar-refractivity contribution in [2.24, 2.45) is 0 Å². The number of nitrogens with zero attached hydrogens (tertiary/aromatic N) is 2. The van der Waals surface area contributed by atoms with Crippen LogP contribution in [0.1, 0.15) is 36.0 Å². The Labute approximate surface area is 181 Å². The number of amides is 1. The molecule has 1 aliphatic rings. The van der Waals surface area contributed by atoms with E-state index in [1.54, 1.807) is 35.4 Å². The summed E-state index contributed by atoms with van der Waals surface area (Å²) in [5, 5.41) is 20.5. The number of pyridine rings is 1. The first-order chi connectivity index (χ1) is 15.1. The number of hydrogen-bond donors (Lipinski definition) is 3. The second-order valence-electron chi connectivity index (χ2n) is 7.96. The van der Waals surface area contributed by atoms with Gasteiger partial charge in [0.25, 0.3) is 5.91 Å². The maximum Gasteiger partial charge on any atom is 0.253 e. The molecular formula is C24H27N3O4. The van der Waals surface area contributed by atoms with Gasteiger partial charge < -0.3 is 20.0 Å². The van der Waals surface area contributed by atoms with Crippen LogP contribution in [0.3, 0.4) is 0 Å². The molecule has 7 heteroatoms. The Kier molecular flexibility index (Phi) is 6.34. The number of hydrogen-bond acceptors (Lipinski definition) is 6. The maximum atomic E-state index is 12.8. The first-order valence-electron chi connectivity index (χ1n) is 10.6. The van der Waals surface area contributed by atoms with Gasteiger partial charge in [0.15, 0.2) is 5.75 Å². The zero-order valence-corrected chi connectivity index (χ0v) is 17.3. The number of carbonyl (C=O) groups is 1. The third-order valence-corrected chi connectivity index (χ3v) is 5.79. The molecule has 1 amide bonds. The number of para-hydroxylation sites is 1. The Bertz CT molecular complexity index is 1030. The van der Waals surface area contributed by atoms with Gasteiger partial charge in [-0.2, -0.15) is 0 Å². The van der Waals surface area contributed by atoms with Gasteiger partial charge in [-0.25, -0.2) is 5.48 Å². The summed E-state index contributed by atoms with van der Waals surface area (Å²) >= 11 is 0. The first-order valence-corrected chi connectivity index (χ1v) is 10.6. The number of aromatic nitrogens is 1. The lowest BCUT2D eigenvalue weighted by atomic mass is 9.87. The Balaban J connectivity index is 1.34. The third kappa shape index (κ3) is 4.95. The number of likely N-dealkylation sites (tertiary alicyclic amines) is 1. The van der Waals surface area contributed by atoms with E-state index in [1.807, 2.05) is 30.3 Å². The molecule has 1 aromatic heterocycles. The molecule has 0 bridgehead atoms. The predicted molar refractivity (Wildman–Crippen MR) is 119 cm³/mol. The number of nitrogens with one attached hydrogen (secondary N) is 1. The van der Waals surface area contributed by atoms with Crippen molar-refractivity contribution in [3.63, 3.8) is 0 Å². The van der Waals surface area contributed by atoms with E-state index in [-0.39, 0.29) is 12.5 Å². The van der Waals surface area contributed by atoms with Crippen molar-refractivity contribution in [2.45, 2.75) is 31.3 Å². The lowest BCUT2D eigenvalue weighted by Crippen LogP contribution is -2.46. The molecule has 3 N–H and O–H groups in total. The van der Waals surface area contributed by atoms with Gasteiger partial charge in [-0.1, -0.05) is 18.2 Å². The fourth-order valence-electron chi connectivity index (χ4n) is 3.92. The minimum Gasteiger partial charge on any atom is -0.396 e. The molecule has 2 heterocycles. The largest absolute Gasteiger partial charge is 0.396 e. The number of carbonyl (C=O) groups excluding carboxylic acids is 1. The standard InChI is InChI=1S/C24H27N3O4/c28-17-3-11-24(30)12-15-27(16-13-24)23(29)19-7-9-20(10-8-19)26-31-21-6-1-4-18-5-2-14-25-22(18)21/h1-2,4-10,14,26,28,30H,3,11-13,15-17H2. The topological polar surface area (TPSA) is 94.9 Å². The Hall–Kier alpha value is -3.16. The van der Waals surface area contributed by atoms with Crippen LogP contribution in [0.2, 0.25) is 0 Å². The molecule has 31 heavy (non-hydrogen) atoms. The molecule has 0 atom stereocenters. The highest BCUT2D eigenvalue weighted by atomic mass is 16.6. The van der Waals surface area contributed by atoms with Gasteiger partial charge >= 0.3 is 0 Å². The molecule has 4 rings (SSSR count). The molecule has 0 saturated carbocycles. The Morgan fingerprint density at radius 1 is 1.10 bits per heavy atom. The SMILES string of the molecule is O=C(c1ccc(NOc2cccc3cccnc23)cc1)N1CCC(O)(CCCO)CC1. The Morgan fingerprint density at radius 2 is 1.84 bits per heavy atom. The number of benzene rings is 2. The van der Waals surface area contributed by atoms with Crippen LogP contribution in [0.15, 0.2) is 60.8 Å². The number of aliphatic hydroxyl groups is 2. The average Bonchev–Trinajstić information content (AvgIpc) is 2.82. The van der Waals surface area contributed by atoms with Gasteiger partial charge in [0.1, 0.15) is 5.52 Å². The smallest absolute Gasteiger partial charge is 0.253 e. The monoisotopic (exact) mass is 421 g/mol. The summed E-state index contributed by atoms with van der Waals surface area (Å²) in [6, 6.07) is 16.7. The van der Waals surface area contributed by atoms with Crippen molar-refractivity contribution in [1.29, 1.82) is 0 Å². The molecule has 1 saturated heterocycles. The maximum absolute atomic E-state index is 12.8. The van der Waals surface area contributed by atoms with Crippen LogP contribution in [0.5, 0.6) is 5.75 Å². The lowest BCUT2D eigenvalue weighted by Gasteiger charge is -2.38. The lowest BCUT2D eigenvalue weighted by molar-refractivity contribution is -0.0266. The van der Waals surface area contributed by atoms with E-state index in [1.165, 1.54) is 0 Å². The minimum absolute atomic E-state index is 0.0464. The zero-order chi connectivity index (χ0) is 21.7. The van der Waals surface area contributed by atoms with Crippen molar-refractivity contribution in [2.75, 3.05) is 25.2 Å². The normalized spacial score (nSPS) is 15.6. The molecule has 0 spiro atoms. The molecule has 2 aromatic carbocycles.